The van der Waals surface area contributed by atoms with Crippen molar-refractivity contribution in [1.29, 1.82) is 0 Å². The molecule has 27 heavy (non-hydrogen) atoms. The van der Waals surface area contributed by atoms with Crippen molar-refractivity contribution in [1.82, 2.24) is 9.80 Å². The van der Waals surface area contributed by atoms with Crippen LogP contribution in [0.5, 0.6) is 5.75 Å². The molecule has 2 bridgehead atoms. The van der Waals surface area contributed by atoms with E-state index in [0.29, 0.717) is 13.1 Å². The number of fused-ring (bicyclic) bond motifs is 2. The van der Waals surface area contributed by atoms with Crippen molar-refractivity contribution in [3.63, 3.8) is 0 Å². The van der Waals surface area contributed by atoms with Crippen molar-refractivity contribution >= 4 is 11.9 Å². The van der Waals surface area contributed by atoms with Crippen LogP contribution in [-0.2, 0) is 16.1 Å². The fraction of sp³-hybridized carbons (Fsp3) is 0.619. The lowest BCUT2D eigenvalue weighted by atomic mass is 9.78. The van der Waals surface area contributed by atoms with Crippen molar-refractivity contribution < 1.29 is 19.4 Å². The third kappa shape index (κ3) is 3.55. The Hall–Kier alpha value is -2.08. The number of carbonyl (C=O) groups excluding carboxylic acids is 1. The van der Waals surface area contributed by atoms with Gasteiger partial charge in [0, 0.05) is 32.7 Å². The molecule has 1 aromatic carbocycles. The molecular weight excluding hydrogens is 344 g/mol. The summed E-state index contributed by atoms with van der Waals surface area (Å²) in [6.45, 7) is 3.85. The molecule has 0 spiro atoms. The third-order valence-corrected chi connectivity index (χ3v) is 6.71. The molecule has 0 unspecified atom stereocenters. The first-order valence-electron chi connectivity index (χ1n) is 9.93. The van der Waals surface area contributed by atoms with Crippen LogP contribution in [-0.4, -0.2) is 60.1 Å². The van der Waals surface area contributed by atoms with Gasteiger partial charge >= 0.3 is 5.97 Å². The molecule has 1 N–H and O–H groups in total. The quantitative estimate of drug-likeness (QED) is 0.857. The summed E-state index contributed by atoms with van der Waals surface area (Å²) in [5.74, 6) is -0.128. The summed E-state index contributed by atoms with van der Waals surface area (Å²) in [7, 11) is 1.67. The predicted octanol–water partition coefficient (Wildman–Crippen LogP) is 2.09. The van der Waals surface area contributed by atoms with Crippen molar-refractivity contribution in [3.8, 4) is 5.75 Å². The first-order valence-corrected chi connectivity index (χ1v) is 9.93. The van der Waals surface area contributed by atoms with Crippen molar-refractivity contribution in [2.24, 2.45) is 23.7 Å². The molecule has 1 saturated heterocycles. The molecule has 0 aromatic heterocycles. The highest BCUT2D eigenvalue weighted by atomic mass is 16.5. The number of aliphatic carboxylic acids is 1. The summed E-state index contributed by atoms with van der Waals surface area (Å²) in [4.78, 5) is 29.0. The van der Waals surface area contributed by atoms with E-state index in [4.69, 9.17) is 4.74 Å². The monoisotopic (exact) mass is 372 g/mol. The van der Waals surface area contributed by atoms with Crippen molar-refractivity contribution in [3.05, 3.63) is 29.8 Å². The lowest BCUT2D eigenvalue weighted by Crippen LogP contribution is -2.52. The van der Waals surface area contributed by atoms with E-state index in [9.17, 15) is 14.7 Å². The number of amides is 1. The topological polar surface area (TPSA) is 70.1 Å². The molecule has 6 nitrogen and oxygen atoms in total. The smallest absolute Gasteiger partial charge is 0.307 e. The number of benzene rings is 1. The van der Waals surface area contributed by atoms with Crippen LogP contribution in [0.4, 0.5) is 0 Å². The molecule has 4 atom stereocenters. The summed E-state index contributed by atoms with van der Waals surface area (Å²) in [5, 5.41) is 9.61. The first kappa shape index (κ1) is 18.3. The van der Waals surface area contributed by atoms with Gasteiger partial charge in [-0.1, -0.05) is 12.1 Å². The number of carbonyl (C=O) groups is 2. The minimum atomic E-state index is -0.780. The molecule has 4 rings (SSSR count). The van der Waals surface area contributed by atoms with Gasteiger partial charge in [0.15, 0.2) is 0 Å². The van der Waals surface area contributed by atoms with Crippen LogP contribution in [0, 0.1) is 23.7 Å². The molecule has 6 heteroatoms. The molecule has 0 radical (unpaired) electrons. The number of carboxylic acid groups (broad SMARTS) is 1. The second-order valence-corrected chi connectivity index (χ2v) is 8.18. The van der Waals surface area contributed by atoms with Gasteiger partial charge < -0.3 is 14.7 Å². The Balaban J connectivity index is 1.35. The number of carboxylic acids is 1. The van der Waals surface area contributed by atoms with Gasteiger partial charge in [0.05, 0.1) is 18.9 Å². The molecule has 2 aliphatic carbocycles. The third-order valence-electron chi connectivity index (χ3n) is 6.71. The maximum Gasteiger partial charge on any atom is 0.307 e. The van der Waals surface area contributed by atoms with Gasteiger partial charge in [-0.15, -0.1) is 0 Å². The summed E-state index contributed by atoms with van der Waals surface area (Å²) < 4.78 is 5.28. The van der Waals surface area contributed by atoms with Crippen LogP contribution >= 0.6 is 0 Å². The average Bonchev–Trinajstić information content (AvgIpc) is 3.29. The normalized spacial score (nSPS) is 30.5. The Bertz CT molecular complexity index is 714. The second-order valence-electron chi connectivity index (χ2n) is 8.18. The van der Waals surface area contributed by atoms with E-state index in [1.54, 1.807) is 7.11 Å². The largest absolute Gasteiger partial charge is 0.497 e. The average molecular weight is 372 g/mol. The highest BCUT2D eigenvalue weighted by molar-refractivity contribution is 5.86. The van der Waals surface area contributed by atoms with Crippen LogP contribution in [0.25, 0.3) is 0 Å². The van der Waals surface area contributed by atoms with Gasteiger partial charge in [0.2, 0.25) is 5.91 Å². The molecule has 1 aromatic rings. The molecule has 1 amide bonds. The molecule has 3 fully saturated rings. The van der Waals surface area contributed by atoms with Crippen LogP contribution in [0.2, 0.25) is 0 Å². The SMILES string of the molecule is COc1cccc(CN2CCN(C(=O)[C@H]3[C@H]4CC[C@@H](C4)[C@H]3C(=O)O)CC2)c1. The number of hydrogen-bond donors (Lipinski definition) is 1. The zero-order chi connectivity index (χ0) is 19.0. The summed E-state index contributed by atoms with van der Waals surface area (Å²) in [6, 6.07) is 8.07. The highest BCUT2D eigenvalue weighted by Gasteiger charge is 2.54. The van der Waals surface area contributed by atoms with Gasteiger partial charge in [0.1, 0.15) is 5.75 Å². The van der Waals surface area contributed by atoms with E-state index in [2.05, 4.69) is 11.0 Å². The Morgan fingerprint density at radius 1 is 1.11 bits per heavy atom. The highest BCUT2D eigenvalue weighted by Crippen LogP contribution is 2.53. The number of piperazine rings is 1. The molecule has 3 aliphatic rings. The number of rotatable bonds is 5. The maximum atomic E-state index is 13.1. The van der Waals surface area contributed by atoms with Crippen LogP contribution in [0.3, 0.4) is 0 Å². The molecule has 1 heterocycles. The number of hydrogen-bond acceptors (Lipinski definition) is 4. The number of ether oxygens (including phenoxy) is 1. The van der Waals surface area contributed by atoms with E-state index in [1.807, 2.05) is 23.1 Å². The first-order chi connectivity index (χ1) is 13.1. The molecule has 1 aliphatic heterocycles. The zero-order valence-corrected chi connectivity index (χ0v) is 15.8. The lowest BCUT2D eigenvalue weighted by molar-refractivity contribution is -0.153. The Kier molecular flexibility index (Phi) is 5.08. The fourth-order valence-corrected chi connectivity index (χ4v) is 5.37. The standard InChI is InChI=1S/C21H28N2O4/c1-27-17-4-2-3-14(11-17)13-22-7-9-23(10-8-22)20(24)18-15-5-6-16(12-15)19(18)21(25)26/h2-4,11,15-16,18-19H,5-10,12-13H2,1H3,(H,25,26)/t15-,16-,18-,19+/m0/s1. The summed E-state index contributed by atoms with van der Waals surface area (Å²) in [5.41, 5.74) is 1.20. The van der Waals surface area contributed by atoms with Gasteiger partial charge in [0.25, 0.3) is 0 Å². The van der Waals surface area contributed by atoms with E-state index in [-0.39, 0.29) is 23.7 Å². The minimum absolute atomic E-state index is 0.0793. The summed E-state index contributed by atoms with van der Waals surface area (Å²) in [6.07, 6.45) is 2.91. The van der Waals surface area contributed by atoms with Gasteiger partial charge in [-0.25, -0.2) is 0 Å². The van der Waals surface area contributed by atoms with Crippen molar-refractivity contribution in [2.75, 3.05) is 33.3 Å². The Morgan fingerprint density at radius 2 is 1.81 bits per heavy atom. The van der Waals surface area contributed by atoms with E-state index < -0.39 is 11.9 Å². The second kappa shape index (κ2) is 7.50. The van der Waals surface area contributed by atoms with Crippen LogP contribution in [0.15, 0.2) is 24.3 Å². The van der Waals surface area contributed by atoms with Gasteiger partial charge in [-0.2, -0.15) is 0 Å². The minimum Gasteiger partial charge on any atom is -0.497 e. The van der Waals surface area contributed by atoms with Gasteiger partial charge in [-0.05, 0) is 48.8 Å². The summed E-state index contributed by atoms with van der Waals surface area (Å²) >= 11 is 0. The van der Waals surface area contributed by atoms with E-state index in [1.165, 1.54) is 5.56 Å². The van der Waals surface area contributed by atoms with Gasteiger partial charge in [-0.3, -0.25) is 14.5 Å². The molecule has 146 valence electrons. The Labute approximate surface area is 160 Å². The van der Waals surface area contributed by atoms with Crippen LogP contribution < -0.4 is 4.74 Å². The predicted molar refractivity (Wildman–Crippen MR) is 100 cm³/mol. The van der Waals surface area contributed by atoms with Crippen LogP contribution in [0.1, 0.15) is 24.8 Å². The zero-order valence-electron chi connectivity index (χ0n) is 15.8. The fourth-order valence-electron chi connectivity index (χ4n) is 5.37. The lowest BCUT2D eigenvalue weighted by Gasteiger charge is -2.38. The molecule has 2 saturated carbocycles. The molecular formula is C21H28N2O4. The Morgan fingerprint density at radius 3 is 2.48 bits per heavy atom. The number of methoxy groups -OCH3 is 1. The van der Waals surface area contributed by atoms with E-state index >= 15 is 0 Å². The maximum absolute atomic E-state index is 13.1. The van der Waals surface area contributed by atoms with E-state index in [0.717, 1.165) is 44.6 Å². The van der Waals surface area contributed by atoms with Crippen molar-refractivity contribution in [2.45, 2.75) is 25.8 Å². The number of nitrogens with zero attached hydrogens (tertiary/aromatic N) is 2.